The minimum atomic E-state index is 0.160. The Labute approximate surface area is 145 Å². The van der Waals surface area contributed by atoms with E-state index in [0.29, 0.717) is 6.04 Å². The van der Waals surface area contributed by atoms with E-state index >= 15 is 0 Å². The van der Waals surface area contributed by atoms with E-state index in [1.165, 1.54) is 25.7 Å². The van der Waals surface area contributed by atoms with Crippen molar-refractivity contribution in [1.82, 2.24) is 9.88 Å². The minimum Gasteiger partial charge on any atom is -0.339 e. The monoisotopic (exact) mass is 324 g/mol. The van der Waals surface area contributed by atoms with Gasteiger partial charge < -0.3 is 4.90 Å². The first-order chi connectivity index (χ1) is 11.6. The Morgan fingerprint density at radius 1 is 1.17 bits per heavy atom. The highest BCUT2D eigenvalue weighted by molar-refractivity contribution is 6.07. The molecule has 1 aliphatic rings. The number of aryl methyl sites for hydroxylation is 1. The number of rotatable bonds is 3. The number of fused-ring (bicyclic) bond motifs is 1. The fourth-order valence-corrected chi connectivity index (χ4v) is 3.97. The van der Waals surface area contributed by atoms with Crippen molar-refractivity contribution in [3.05, 3.63) is 41.1 Å². The fraction of sp³-hybridized carbons (Fsp3) is 0.524. The standard InChI is InChI=1S/C21H28N2O/c1-4-18-15(2)20(17-13-9-10-14-19(17)22-18)21(24)23(3)16-11-7-5-6-8-12-16/h9-10,13-14,16H,4-8,11-12H2,1-3H3. The molecule has 3 nitrogen and oxygen atoms in total. The van der Waals surface area contributed by atoms with Crippen LogP contribution in [0.15, 0.2) is 24.3 Å². The van der Waals surface area contributed by atoms with Crippen molar-refractivity contribution >= 4 is 16.8 Å². The van der Waals surface area contributed by atoms with E-state index in [0.717, 1.165) is 47.0 Å². The van der Waals surface area contributed by atoms with Crippen LogP contribution < -0.4 is 0 Å². The average Bonchev–Trinajstić information content (AvgIpc) is 2.89. The molecule has 128 valence electrons. The molecule has 0 aliphatic heterocycles. The lowest BCUT2D eigenvalue weighted by molar-refractivity contribution is 0.0719. The number of aromatic nitrogens is 1. The van der Waals surface area contributed by atoms with Gasteiger partial charge in [-0.15, -0.1) is 0 Å². The molecule has 1 aromatic heterocycles. The third-order valence-corrected chi connectivity index (χ3v) is 5.48. The molecule has 1 amide bonds. The quantitative estimate of drug-likeness (QED) is 0.752. The molecule has 3 rings (SSSR count). The van der Waals surface area contributed by atoms with E-state index in [1.807, 2.05) is 43.1 Å². The second-order valence-corrected chi connectivity index (χ2v) is 6.99. The highest BCUT2D eigenvalue weighted by atomic mass is 16.2. The third kappa shape index (κ3) is 3.17. The third-order valence-electron chi connectivity index (χ3n) is 5.48. The number of amides is 1. The van der Waals surface area contributed by atoms with Gasteiger partial charge in [-0.05, 0) is 37.8 Å². The first-order valence-corrected chi connectivity index (χ1v) is 9.28. The summed E-state index contributed by atoms with van der Waals surface area (Å²) in [6.07, 6.45) is 8.18. The number of nitrogens with zero attached hydrogens (tertiary/aromatic N) is 2. The van der Waals surface area contributed by atoms with Crippen molar-refractivity contribution in [3.63, 3.8) is 0 Å². The van der Waals surface area contributed by atoms with Gasteiger partial charge in [0.05, 0.1) is 11.1 Å². The molecule has 0 N–H and O–H groups in total. The minimum absolute atomic E-state index is 0.160. The maximum atomic E-state index is 13.4. The predicted molar refractivity (Wildman–Crippen MR) is 99.4 cm³/mol. The Morgan fingerprint density at radius 3 is 2.50 bits per heavy atom. The van der Waals surface area contributed by atoms with Gasteiger partial charge in [0, 0.05) is 24.2 Å². The Morgan fingerprint density at radius 2 is 1.83 bits per heavy atom. The Hall–Kier alpha value is -1.90. The van der Waals surface area contributed by atoms with Crippen molar-refractivity contribution in [2.24, 2.45) is 0 Å². The van der Waals surface area contributed by atoms with Gasteiger partial charge in [-0.1, -0.05) is 50.8 Å². The summed E-state index contributed by atoms with van der Waals surface area (Å²) in [6, 6.07) is 8.40. The van der Waals surface area contributed by atoms with Crippen molar-refractivity contribution in [1.29, 1.82) is 0 Å². The van der Waals surface area contributed by atoms with Crippen LogP contribution in [0.1, 0.15) is 67.1 Å². The van der Waals surface area contributed by atoms with Crippen molar-refractivity contribution in [2.75, 3.05) is 7.05 Å². The van der Waals surface area contributed by atoms with Gasteiger partial charge in [0.15, 0.2) is 0 Å². The molecule has 0 bridgehead atoms. The normalized spacial score (nSPS) is 16.1. The van der Waals surface area contributed by atoms with Crippen LogP contribution in [0.25, 0.3) is 10.9 Å². The van der Waals surface area contributed by atoms with Crippen LogP contribution in [-0.4, -0.2) is 28.9 Å². The Bertz CT molecular complexity index is 730. The lowest BCUT2D eigenvalue weighted by Crippen LogP contribution is -2.37. The van der Waals surface area contributed by atoms with Crippen LogP contribution in [0.4, 0.5) is 0 Å². The first-order valence-electron chi connectivity index (χ1n) is 9.28. The summed E-state index contributed by atoms with van der Waals surface area (Å²) in [4.78, 5) is 20.1. The van der Waals surface area contributed by atoms with E-state index < -0.39 is 0 Å². The Kier molecular flexibility index (Phi) is 5.17. The van der Waals surface area contributed by atoms with Crippen LogP contribution in [0.2, 0.25) is 0 Å². The highest BCUT2D eigenvalue weighted by Gasteiger charge is 2.25. The van der Waals surface area contributed by atoms with Gasteiger partial charge in [0.1, 0.15) is 0 Å². The molecular weight excluding hydrogens is 296 g/mol. The summed E-state index contributed by atoms with van der Waals surface area (Å²) in [5.74, 6) is 0.160. The molecule has 24 heavy (non-hydrogen) atoms. The van der Waals surface area contributed by atoms with Crippen molar-refractivity contribution < 1.29 is 4.79 Å². The smallest absolute Gasteiger partial charge is 0.254 e. The maximum absolute atomic E-state index is 13.4. The Balaban J connectivity index is 2.03. The van der Waals surface area contributed by atoms with E-state index in [9.17, 15) is 4.79 Å². The van der Waals surface area contributed by atoms with Gasteiger partial charge in [0.2, 0.25) is 0 Å². The lowest BCUT2D eigenvalue weighted by atomic mass is 9.98. The molecule has 1 aromatic carbocycles. The molecule has 1 heterocycles. The molecule has 1 saturated carbocycles. The topological polar surface area (TPSA) is 33.2 Å². The lowest BCUT2D eigenvalue weighted by Gasteiger charge is -2.28. The van der Waals surface area contributed by atoms with Crippen LogP contribution in [-0.2, 0) is 6.42 Å². The summed E-state index contributed by atoms with van der Waals surface area (Å²) >= 11 is 0. The SMILES string of the molecule is CCc1nc2ccccc2c(C(=O)N(C)C2CCCCCC2)c1C. The zero-order valence-corrected chi connectivity index (χ0v) is 15.1. The average molecular weight is 324 g/mol. The van der Waals surface area contributed by atoms with Crippen LogP contribution >= 0.6 is 0 Å². The second-order valence-electron chi connectivity index (χ2n) is 6.99. The number of carbonyl (C=O) groups is 1. The van der Waals surface area contributed by atoms with Gasteiger partial charge in [-0.3, -0.25) is 9.78 Å². The second kappa shape index (κ2) is 7.33. The van der Waals surface area contributed by atoms with Gasteiger partial charge in [0.25, 0.3) is 5.91 Å². The molecule has 2 aromatic rings. The van der Waals surface area contributed by atoms with Gasteiger partial charge in [-0.25, -0.2) is 0 Å². The summed E-state index contributed by atoms with van der Waals surface area (Å²) in [5.41, 5.74) is 3.86. The molecule has 0 unspecified atom stereocenters. The number of pyridine rings is 1. The van der Waals surface area contributed by atoms with E-state index in [4.69, 9.17) is 4.98 Å². The van der Waals surface area contributed by atoms with Crippen molar-refractivity contribution in [3.8, 4) is 0 Å². The van der Waals surface area contributed by atoms with E-state index in [-0.39, 0.29) is 5.91 Å². The molecule has 0 spiro atoms. The molecule has 0 saturated heterocycles. The number of para-hydroxylation sites is 1. The fourth-order valence-electron chi connectivity index (χ4n) is 3.97. The number of carbonyl (C=O) groups excluding carboxylic acids is 1. The summed E-state index contributed by atoms with van der Waals surface area (Å²) in [5, 5.41) is 0.984. The molecule has 3 heteroatoms. The van der Waals surface area contributed by atoms with Gasteiger partial charge in [-0.2, -0.15) is 0 Å². The zero-order chi connectivity index (χ0) is 17.1. The number of benzene rings is 1. The number of hydrogen-bond donors (Lipinski definition) is 0. The van der Waals surface area contributed by atoms with E-state index in [2.05, 4.69) is 6.92 Å². The molecular formula is C21H28N2O. The van der Waals surface area contributed by atoms with Crippen LogP contribution in [0.5, 0.6) is 0 Å². The highest BCUT2D eigenvalue weighted by Crippen LogP contribution is 2.27. The zero-order valence-electron chi connectivity index (χ0n) is 15.1. The maximum Gasteiger partial charge on any atom is 0.254 e. The van der Waals surface area contributed by atoms with Crippen molar-refractivity contribution in [2.45, 2.75) is 64.8 Å². The molecule has 0 atom stereocenters. The molecule has 0 radical (unpaired) electrons. The summed E-state index contributed by atoms with van der Waals surface area (Å²) in [7, 11) is 1.98. The molecule has 1 fully saturated rings. The summed E-state index contributed by atoms with van der Waals surface area (Å²) in [6.45, 7) is 4.15. The molecule has 1 aliphatic carbocycles. The summed E-state index contributed by atoms with van der Waals surface area (Å²) < 4.78 is 0. The van der Waals surface area contributed by atoms with Gasteiger partial charge >= 0.3 is 0 Å². The van der Waals surface area contributed by atoms with E-state index in [1.54, 1.807) is 0 Å². The number of hydrogen-bond acceptors (Lipinski definition) is 2. The van der Waals surface area contributed by atoms with Crippen LogP contribution in [0, 0.1) is 6.92 Å². The van der Waals surface area contributed by atoms with Crippen LogP contribution in [0.3, 0.4) is 0 Å². The predicted octanol–water partition coefficient (Wildman–Crippen LogP) is 4.90. The largest absolute Gasteiger partial charge is 0.339 e. The first kappa shape index (κ1) is 16.9.